The van der Waals surface area contributed by atoms with E-state index >= 15 is 0 Å². The van der Waals surface area contributed by atoms with Gasteiger partial charge in [0.1, 0.15) is 28.7 Å². The maximum absolute atomic E-state index is 9.44. The molecule has 1 fully saturated rings. The minimum atomic E-state index is -2.56. The SMILES string of the molecule is [2H]c1c([2H])c([2H])c(-c2cccc(-c3cc(C(C)(C)C)cc(C(C)(C)C)c3)c2[N@+]23[CH-][N@+](c4cc(Oc5ccc6c7ccccc7n(-c7cc(C(C)(C)C)ccn7)c6c5)cc(C(C)(C)C)c4)(C2)c2cccc(C([2H])([2H])[2H])c23)c([2H])c1[2H]. The van der Waals surface area contributed by atoms with E-state index in [4.69, 9.17) is 17.9 Å². The topological polar surface area (TPSA) is 27.1 Å². The van der Waals surface area contributed by atoms with Crippen LogP contribution in [0.5, 0.6) is 11.5 Å². The zero-order chi connectivity index (χ0) is 56.9. The molecule has 9 aromatic rings. The van der Waals surface area contributed by atoms with Gasteiger partial charge in [-0.05, 0) is 110 Å². The molecule has 7 aromatic carbocycles. The predicted octanol–water partition coefficient (Wildman–Crippen LogP) is 18.2. The number of hydrogen-bond acceptors (Lipinski definition) is 2. The highest BCUT2D eigenvalue weighted by molar-refractivity contribution is 6.09. The Kier molecular flexibility index (Phi) is 8.62. The standard InChI is InChI=1S/C66H69N4O/c1-43-21-19-28-59-61(43)70(62-53(44-22-15-14-16-23-44)25-20-26-54(62)45-33-47(64(5,6)7)35-48(34-45)65(8,9)10)41-69(59,42-70)50-36-49(66(11,12)13)37-52(39-50)71-51-29-30-56-55-24-17-18-27-57(55)68(58(56)40-51)60-38-46(31-32-67-60)63(2,3)4/h14-41H,42H2,1-13H3/q+1/t69-,70-/m1/s1/i1D3,14D,15D,16D,22D,23D. The normalized spacial score (nSPS) is 19.7. The first-order valence-corrected chi connectivity index (χ1v) is 24.8. The largest absolute Gasteiger partial charge is 0.457 e. The van der Waals surface area contributed by atoms with Gasteiger partial charge in [0.2, 0.25) is 0 Å². The average Bonchev–Trinajstić information content (AvgIpc) is 3.03. The quantitative estimate of drug-likeness (QED) is 0.118. The van der Waals surface area contributed by atoms with E-state index in [2.05, 4.69) is 179 Å². The lowest BCUT2D eigenvalue weighted by molar-refractivity contribution is 0.187. The van der Waals surface area contributed by atoms with Crippen molar-refractivity contribution in [3.63, 3.8) is 0 Å². The summed E-state index contributed by atoms with van der Waals surface area (Å²) in [5, 5.41) is 2.17. The first kappa shape index (κ1) is 38.0. The van der Waals surface area contributed by atoms with E-state index in [0.29, 0.717) is 28.4 Å². The second-order valence-electron chi connectivity index (χ2n) is 23.9. The zero-order valence-electron chi connectivity index (χ0n) is 51.2. The molecule has 2 aromatic heterocycles. The molecule has 2 atom stereocenters. The van der Waals surface area contributed by atoms with Crippen LogP contribution in [0.2, 0.25) is 0 Å². The van der Waals surface area contributed by atoms with Crippen LogP contribution in [0.25, 0.3) is 49.9 Å². The maximum atomic E-state index is 9.44. The monoisotopic (exact) mass is 942 g/mol. The molecule has 5 nitrogen and oxygen atoms in total. The van der Waals surface area contributed by atoms with Crippen LogP contribution in [-0.4, -0.2) is 16.2 Å². The Labute approximate surface area is 433 Å². The predicted molar refractivity (Wildman–Crippen MR) is 300 cm³/mol. The van der Waals surface area contributed by atoms with Gasteiger partial charge in [-0.2, -0.15) is 0 Å². The van der Waals surface area contributed by atoms with Gasteiger partial charge in [0, 0.05) is 62.0 Å². The summed E-state index contributed by atoms with van der Waals surface area (Å²) < 4.78 is 82.2. The lowest BCUT2D eigenvalue weighted by Gasteiger charge is -2.57. The van der Waals surface area contributed by atoms with Gasteiger partial charge in [-0.25, -0.2) is 4.98 Å². The number of para-hydroxylation sites is 3. The highest BCUT2D eigenvalue weighted by Gasteiger charge is 2.64. The number of nitrogens with zero attached hydrogens (tertiary/aromatic N) is 4. The van der Waals surface area contributed by atoms with Crippen LogP contribution in [0.4, 0.5) is 22.7 Å². The van der Waals surface area contributed by atoms with Gasteiger partial charge in [-0.1, -0.05) is 168 Å². The molecule has 0 saturated carbocycles. The molecule has 0 spiro atoms. The number of aromatic nitrogens is 2. The van der Waals surface area contributed by atoms with E-state index in [-0.39, 0.29) is 60.5 Å². The molecule has 5 heterocycles. The second-order valence-corrected chi connectivity index (χ2v) is 23.9. The molecule has 71 heavy (non-hydrogen) atoms. The van der Waals surface area contributed by atoms with Crippen LogP contribution in [0.3, 0.4) is 0 Å². The fourth-order valence-electron chi connectivity index (χ4n) is 10.9. The molecule has 0 aliphatic carbocycles. The van der Waals surface area contributed by atoms with Gasteiger partial charge in [0.15, 0.2) is 18.0 Å². The van der Waals surface area contributed by atoms with Crippen molar-refractivity contribution in [3.8, 4) is 39.6 Å². The molecule has 5 heteroatoms. The lowest BCUT2D eigenvalue weighted by Crippen LogP contribution is -2.67. The molecule has 358 valence electrons. The highest BCUT2D eigenvalue weighted by Crippen LogP contribution is 2.68. The summed E-state index contributed by atoms with van der Waals surface area (Å²) in [4.78, 5) is 4.91. The molecule has 2 bridgehead atoms. The summed E-state index contributed by atoms with van der Waals surface area (Å²) in [5.41, 5.74) is 10.6. The van der Waals surface area contributed by atoms with Gasteiger partial charge >= 0.3 is 0 Å². The molecule has 0 amide bonds. The van der Waals surface area contributed by atoms with Crippen molar-refractivity contribution in [2.45, 2.75) is 112 Å². The van der Waals surface area contributed by atoms with E-state index in [1.54, 1.807) is 6.07 Å². The fourth-order valence-corrected chi connectivity index (χ4v) is 10.9. The summed E-state index contributed by atoms with van der Waals surface area (Å²) >= 11 is 0. The van der Waals surface area contributed by atoms with E-state index in [1.165, 1.54) is 5.56 Å². The summed E-state index contributed by atoms with van der Waals surface area (Å²) in [6.45, 7) is 26.1. The van der Waals surface area contributed by atoms with E-state index < -0.39 is 25.0 Å². The number of pyridine rings is 1. The molecule has 0 N–H and O–H groups in total. The molecular formula is C66H69N4O+. The number of rotatable bonds is 7. The zero-order valence-corrected chi connectivity index (χ0v) is 43.2. The highest BCUT2D eigenvalue weighted by atomic mass is 16.5. The van der Waals surface area contributed by atoms with Crippen LogP contribution in [0.1, 0.15) is 122 Å². The average molecular weight is 942 g/mol. The van der Waals surface area contributed by atoms with Gasteiger partial charge in [-0.3, -0.25) is 13.5 Å². The molecule has 12 rings (SSSR count). The molecule has 0 unspecified atom stereocenters. The Morgan fingerprint density at radius 2 is 1.18 bits per heavy atom. The van der Waals surface area contributed by atoms with Crippen molar-refractivity contribution in [1.29, 1.82) is 0 Å². The number of aryl methyl sites for hydroxylation is 1. The number of benzene rings is 7. The molecule has 1 saturated heterocycles. The van der Waals surface area contributed by atoms with Gasteiger partial charge in [0.05, 0.1) is 24.6 Å². The van der Waals surface area contributed by atoms with Crippen LogP contribution in [-0.2, 0) is 21.7 Å². The summed E-state index contributed by atoms with van der Waals surface area (Å²) in [5.74, 6) is 2.06. The third-order valence-corrected chi connectivity index (χ3v) is 14.8. The molecule has 3 aliphatic rings. The molecule has 0 radical (unpaired) electrons. The van der Waals surface area contributed by atoms with Crippen LogP contribution in [0, 0.1) is 13.5 Å². The maximum Gasteiger partial charge on any atom is 0.186 e. The van der Waals surface area contributed by atoms with Crippen LogP contribution < -0.4 is 13.7 Å². The van der Waals surface area contributed by atoms with Crippen molar-refractivity contribution < 1.29 is 15.7 Å². The molecular weight excluding hydrogens is 865 g/mol. The van der Waals surface area contributed by atoms with Gasteiger partial charge < -0.3 is 4.74 Å². The Hall–Kier alpha value is -6.79. The summed E-state index contributed by atoms with van der Waals surface area (Å²) in [7, 11) is 0. The molecule has 3 aliphatic heterocycles. The Balaban J connectivity index is 1.14. The van der Waals surface area contributed by atoms with Crippen molar-refractivity contribution in [1.82, 2.24) is 18.5 Å². The first-order chi connectivity index (χ1) is 36.8. The minimum absolute atomic E-state index is 0.0516. The number of ether oxygens (including phenoxy) is 1. The Morgan fingerprint density at radius 1 is 0.549 bits per heavy atom. The summed E-state index contributed by atoms with van der Waals surface area (Å²) in [6.07, 6.45) is 1.88. The smallest absolute Gasteiger partial charge is 0.186 e. The van der Waals surface area contributed by atoms with E-state index in [9.17, 15) is 2.74 Å². The van der Waals surface area contributed by atoms with Crippen molar-refractivity contribution in [2.75, 3.05) is 6.67 Å². The minimum Gasteiger partial charge on any atom is -0.457 e. The van der Waals surface area contributed by atoms with Crippen LogP contribution in [0.15, 0.2) is 164 Å². The number of quaternary nitrogens is 2. The number of hydrogen-bond donors (Lipinski definition) is 0. The Bertz CT molecular complexity index is 3930. The van der Waals surface area contributed by atoms with E-state index in [1.807, 2.05) is 42.6 Å². The van der Waals surface area contributed by atoms with Gasteiger partial charge in [0.25, 0.3) is 0 Å². The fraction of sp³-hybridized carbons (Fsp3) is 0.273. The second kappa shape index (κ2) is 16.1. The number of fused-ring (bicyclic) bond motifs is 3. The summed E-state index contributed by atoms with van der Waals surface area (Å²) in [6, 6.07) is 41.0. The van der Waals surface area contributed by atoms with E-state index in [0.717, 1.165) is 66.8 Å². The van der Waals surface area contributed by atoms with Crippen LogP contribution >= 0.6 is 0 Å². The van der Waals surface area contributed by atoms with Crippen molar-refractivity contribution in [2.24, 2.45) is 0 Å². The van der Waals surface area contributed by atoms with Crippen molar-refractivity contribution in [3.05, 3.63) is 198 Å². The third kappa shape index (κ3) is 7.71. The third-order valence-electron chi connectivity index (χ3n) is 14.8. The Morgan fingerprint density at radius 3 is 1.86 bits per heavy atom. The first-order valence-electron chi connectivity index (χ1n) is 28.8. The van der Waals surface area contributed by atoms with Crippen molar-refractivity contribution >= 4 is 44.6 Å². The van der Waals surface area contributed by atoms with Gasteiger partial charge in [-0.15, -0.1) is 0 Å². The lowest BCUT2D eigenvalue weighted by atomic mass is 9.78.